The predicted molar refractivity (Wildman–Crippen MR) is 78.9 cm³/mol. The summed E-state index contributed by atoms with van der Waals surface area (Å²) < 4.78 is 5.27. The first-order chi connectivity index (χ1) is 9.42. The Hall–Kier alpha value is -1.84. The minimum absolute atomic E-state index is 0.0734. The van der Waals surface area contributed by atoms with Gasteiger partial charge in [0.25, 0.3) is 0 Å². The fraction of sp³-hybridized carbons (Fsp3) is 0.500. The molecule has 0 amide bonds. The highest BCUT2D eigenvalue weighted by Gasteiger charge is 2.21. The topological polar surface area (TPSA) is 58.9 Å². The van der Waals surface area contributed by atoms with Crippen molar-refractivity contribution in [3.05, 3.63) is 35.9 Å². The van der Waals surface area contributed by atoms with Crippen molar-refractivity contribution in [2.75, 3.05) is 6.61 Å². The molecule has 0 heterocycles. The molecule has 1 unspecified atom stereocenters. The van der Waals surface area contributed by atoms with Gasteiger partial charge >= 0.3 is 5.97 Å². The van der Waals surface area contributed by atoms with Gasteiger partial charge in [-0.2, -0.15) is 0 Å². The first kappa shape index (κ1) is 16.2. The third-order valence-electron chi connectivity index (χ3n) is 2.78. The largest absolute Gasteiger partial charge is 0.465 e. The van der Waals surface area contributed by atoms with E-state index in [0.717, 1.165) is 12.0 Å². The first-order valence-corrected chi connectivity index (χ1v) is 6.80. The van der Waals surface area contributed by atoms with Crippen molar-refractivity contribution in [1.82, 2.24) is 0 Å². The van der Waals surface area contributed by atoms with E-state index in [-0.39, 0.29) is 11.4 Å². The lowest BCUT2D eigenvalue weighted by molar-refractivity contribution is -0.148. The molecule has 1 N–H and O–H groups in total. The van der Waals surface area contributed by atoms with Crippen LogP contribution in [0.5, 0.6) is 0 Å². The smallest absolute Gasteiger partial charge is 0.314 e. The van der Waals surface area contributed by atoms with Crippen molar-refractivity contribution in [3.63, 3.8) is 0 Å². The van der Waals surface area contributed by atoms with Crippen LogP contribution in [0.3, 0.4) is 0 Å². The van der Waals surface area contributed by atoms with E-state index in [9.17, 15) is 4.79 Å². The third-order valence-corrected chi connectivity index (χ3v) is 2.78. The molecular weight excluding hydrogens is 254 g/mol. The van der Waals surface area contributed by atoms with Gasteiger partial charge in [-0.3, -0.25) is 4.79 Å². The molecule has 20 heavy (non-hydrogen) atoms. The van der Waals surface area contributed by atoms with Crippen LogP contribution in [0, 0.1) is 11.3 Å². The molecule has 0 bridgehead atoms. The molecule has 4 nitrogen and oxygen atoms in total. The Labute approximate surface area is 120 Å². The molecule has 0 aliphatic carbocycles. The maximum Gasteiger partial charge on any atom is 0.314 e. The number of oxime groups is 1. The Kier molecular flexibility index (Phi) is 6.22. The van der Waals surface area contributed by atoms with E-state index in [2.05, 4.69) is 5.16 Å². The van der Waals surface area contributed by atoms with E-state index in [1.165, 1.54) is 6.21 Å². The van der Waals surface area contributed by atoms with Gasteiger partial charge in [-0.25, -0.2) is 0 Å². The molecule has 110 valence electrons. The van der Waals surface area contributed by atoms with Crippen LogP contribution in [-0.4, -0.2) is 24.0 Å². The number of ether oxygens (including phenoxy) is 1. The lowest BCUT2D eigenvalue weighted by Gasteiger charge is -2.19. The predicted octanol–water partition coefficient (Wildman–Crippen LogP) is 3.28. The Bertz CT molecular complexity index is 435. The van der Waals surface area contributed by atoms with Crippen LogP contribution in [0.2, 0.25) is 0 Å². The first-order valence-electron chi connectivity index (χ1n) is 6.80. The van der Waals surface area contributed by atoms with E-state index < -0.39 is 5.92 Å². The Morgan fingerprint density at radius 1 is 1.35 bits per heavy atom. The Morgan fingerprint density at radius 2 is 2.00 bits per heavy atom. The second-order valence-electron chi connectivity index (χ2n) is 6.06. The van der Waals surface area contributed by atoms with E-state index in [0.29, 0.717) is 13.0 Å². The second-order valence-corrected chi connectivity index (χ2v) is 6.06. The molecule has 1 aromatic rings. The summed E-state index contributed by atoms with van der Waals surface area (Å²) in [6.45, 7) is 6.35. The maximum atomic E-state index is 12.0. The minimum atomic E-state index is -0.512. The van der Waals surface area contributed by atoms with Gasteiger partial charge in [-0.05, 0) is 23.8 Å². The number of hydrogen-bond donors (Lipinski definition) is 1. The fourth-order valence-electron chi connectivity index (χ4n) is 1.70. The Morgan fingerprint density at radius 3 is 2.55 bits per heavy atom. The van der Waals surface area contributed by atoms with Crippen molar-refractivity contribution in [3.8, 4) is 0 Å². The van der Waals surface area contributed by atoms with Gasteiger partial charge in [-0.15, -0.1) is 5.16 Å². The monoisotopic (exact) mass is 277 g/mol. The van der Waals surface area contributed by atoms with Crippen LogP contribution in [0.4, 0.5) is 0 Å². The number of esters is 1. The van der Waals surface area contributed by atoms with E-state index in [1.807, 2.05) is 51.1 Å². The molecule has 0 aromatic heterocycles. The molecule has 0 fully saturated rings. The van der Waals surface area contributed by atoms with Gasteiger partial charge in [0.1, 0.15) is 0 Å². The second kappa shape index (κ2) is 7.68. The van der Waals surface area contributed by atoms with Gasteiger partial charge in [-0.1, -0.05) is 51.1 Å². The van der Waals surface area contributed by atoms with Crippen LogP contribution < -0.4 is 0 Å². The Balaban J connectivity index is 2.53. The van der Waals surface area contributed by atoms with Crippen molar-refractivity contribution < 1.29 is 14.7 Å². The number of nitrogens with zero attached hydrogens (tertiary/aromatic N) is 1. The summed E-state index contributed by atoms with van der Waals surface area (Å²) in [6.07, 6.45) is 2.55. The minimum Gasteiger partial charge on any atom is -0.465 e. The molecule has 1 atom stereocenters. The van der Waals surface area contributed by atoms with Gasteiger partial charge in [0, 0.05) is 0 Å². The number of carbonyl (C=O) groups is 1. The number of hydrogen-bond acceptors (Lipinski definition) is 4. The highest BCUT2D eigenvalue weighted by Crippen LogP contribution is 2.16. The normalized spacial score (nSPS) is 13.3. The highest BCUT2D eigenvalue weighted by atomic mass is 16.5. The SMILES string of the molecule is CC(C)(C)COC(=O)C(/C=N\O)CCc1ccccc1. The molecule has 0 aliphatic rings. The summed E-state index contributed by atoms with van der Waals surface area (Å²) in [5.74, 6) is -0.851. The summed E-state index contributed by atoms with van der Waals surface area (Å²) >= 11 is 0. The quantitative estimate of drug-likeness (QED) is 0.376. The molecule has 1 aromatic carbocycles. The van der Waals surface area contributed by atoms with Crippen molar-refractivity contribution in [2.24, 2.45) is 16.5 Å². The zero-order valence-electron chi connectivity index (χ0n) is 12.4. The average molecular weight is 277 g/mol. The molecule has 0 radical (unpaired) electrons. The van der Waals surface area contributed by atoms with Crippen LogP contribution in [0.1, 0.15) is 32.8 Å². The zero-order chi connectivity index (χ0) is 15.0. The summed E-state index contributed by atoms with van der Waals surface area (Å²) in [4.78, 5) is 12.0. The molecule has 0 saturated heterocycles. The van der Waals surface area contributed by atoms with Crippen LogP contribution in [0.25, 0.3) is 0 Å². The number of aryl methyl sites for hydroxylation is 1. The van der Waals surface area contributed by atoms with Gasteiger partial charge in [0.2, 0.25) is 0 Å². The zero-order valence-corrected chi connectivity index (χ0v) is 12.4. The van der Waals surface area contributed by atoms with E-state index >= 15 is 0 Å². The highest BCUT2D eigenvalue weighted by molar-refractivity contribution is 5.89. The molecular formula is C16H23NO3. The van der Waals surface area contributed by atoms with Crippen LogP contribution in [0.15, 0.2) is 35.5 Å². The van der Waals surface area contributed by atoms with Crippen molar-refractivity contribution >= 4 is 12.2 Å². The van der Waals surface area contributed by atoms with Crippen LogP contribution >= 0.6 is 0 Å². The third kappa shape index (κ3) is 6.36. The summed E-state index contributed by atoms with van der Waals surface area (Å²) in [6, 6.07) is 9.89. The van der Waals surface area contributed by atoms with Gasteiger partial charge in [0.05, 0.1) is 18.7 Å². The van der Waals surface area contributed by atoms with E-state index in [4.69, 9.17) is 9.94 Å². The summed E-state index contributed by atoms with van der Waals surface area (Å²) in [5, 5.41) is 11.7. The van der Waals surface area contributed by atoms with Gasteiger partial charge in [0.15, 0.2) is 0 Å². The standard InChI is InChI=1S/C16H23NO3/c1-16(2,3)12-20-15(18)14(11-17-19)10-9-13-7-5-4-6-8-13/h4-8,11,14,19H,9-10,12H2,1-3H3/b17-11-. The number of rotatable bonds is 6. The number of carbonyl (C=O) groups excluding carboxylic acids is 1. The van der Waals surface area contributed by atoms with Crippen LogP contribution in [-0.2, 0) is 16.0 Å². The molecule has 4 heteroatoms. The fourth-order valence-corrected chi connectivity index (χ4v) is 1.70. The molecule has 0 aliphatic heterocycles. The van der Waals surface area contributed by atoms with Gasteiger partial charge < -0.3 is 9.94 Å². The van der Waals surface area contributed by atoms with Crippen molar-refractivity contribution in [1.29, 1.82) is 0 Å². The summed E-state index contributed by atoms with van der Waals surface area (Å²) in [5.41, 5.74) is 1.07. The molecule has 0 spiro atoms. The van der Waals surface area contributed by atoms with E-state index in [1.54, 1.807) is 0 Å². The number of benzene rings is 1. The molecule has 1 rings (SSSR count). The van der Waals surface area contributed by atoms with Crippen molar-refractivity contribution in [2.45, 2.75) is 33.6 Å². The average Bonchev–Trinajstić information content (AvgIpc) is 2.41. The maximum absolute atomic E-state index is 12.0. The molecule has 0 saturated carbocycles. The summed E-state index contributed by atoms with van der Waals surface area (Å²) in [7, 11) is 0. The lowest BCUT2D eigenvalue weighted by Crippen LogP contribution is -2.25. The lowest BCUT2D eigenvalue weighted by atomic mass is 9.98.